The van der Waals surface area contributed by atoms with Crippen LogP contribution in [0.2, 0.25) is 0 Å². The molecule has 1 amide bonds. The van der Waals surface area contributed by atoms with E-state index in [1.807, 2.05) is 13.0 Å². The van der Waals surface area contributed by atoms with Gasteiger partial charge in [0.05, 0.1) is 25.4 Å². The van der Waals surface area contributed by atoms with Gasteiger partial charge in [-0.2, -0.15) is 0 Å². The number of nitrogens with one attached hydrogen (secondary N) is 1. The molecular formula is C19H35NO8. The number of unbranched alkanes of at least 4 members (excludes halogenated alkanes) is 2. The van der Waals surface area contributed by atoms with Gasteiger partial charge in [0.25, 0.3) is 0 Å². The predicted molar refractivity (Wildman–Crippen MR) is 101 cm³/mol. The molecule has 1 fully saturated rings. The third-order valence-corrected chi connectivity index (χ3v) is 4.58. The maximum Gasteiger partial charge on any atom is 0.220 e. The van der Waals surface area contributed by atoms with Crippen molar-refractivity contribution in [3.05, 3.63) is 12.2 Å². The molecule has 28 heavy (non-hydrogen) atoms. The Bertz CT molecular complexity index is 473. The van der Waals surface area contributed by atoms with Gasteiger partial charge >= 0.3 is 0 Å². The van der Waals surface area contributed by atoms with Crippen LogP contribution in [0.1, 0.15) is 46.0 Å². The lowest BCUT2D eigenvalue weighted by Crippen LogP contribution is -2.60. The van der Waals surface area contributed by atoms with Crippen molar-refractivity contribution >= 4 is 5.91 Å². The van der Waals surface area contributed by atoms with Gasteiger partial charge in [-0.3, -0.25) is 4.79 Å². The Hall–Kier alpha value is -1.07. The van der Waals surface area contributed by atoms with Crippen LogP contribution in [0.4, 0.5) is 0 Å². The van der Waals surface area contributed by atoms with E-state index in [0.29, 0.717) is 12.8 Å². The van der Waals surface area contributed by atoms with Gasteiger partial charge in [0.15, 0.2) is 6.29 Å². The summed E-state index contributed by atoms with van der Waals surface area (Å²) in [6, 6.07) is -0.788. The van der Waals surface area contributed by atoms with Crippen LogP contribution in [0.3, 0.4) is 0 Å². The number of carbonyl (C=O) groups is 1. The van der Waals surface area contributed by atoms with Crippen molar-refractivity contribution in [1.82, 2.24) is 5.32 Å². The highest BCUT2D eigenvalue weighted by Gasteiger charge is 2.44. The normalized spacial score (nSPS) is 30.3. The van der Waals surface area contributed by atoms with E-state index in [1.54, 1.807) is 6.08 Å². The number of aliphatic hydroxyl groups excluding tert-OH is 5. The maximum absolute atomic E-state index is 12.0. The van der Waals surface area contributed by atoms with Crippen molar-refractivity contribution in [1.29, 1.82) is 0 Å². The zero-order valence-electron chi connectivity index (χ0n) is 16.6. The van der Waals surface area contributed by atoms with Gasteiger partial charge in [0, 0.05) is 6.42 Å². The van der Waals surface area contributed by atoms with Gasteiger partial charge in [-0.15, -0.1) is 0 Å². The van der Waals surface area contributed by atoms with Gasteiger partial charge in [0.1, 0.15) is 24.4 Å². The summed E-state index contributed by atoms with van der Waals surface area (Å²) in [5.41, 5.74) is 0. The summed E-state index contributed by atoms with van der Waals surface area (Å²) in [5.74, 6) is -0.245. The molecule has 1 saturated heterocycles. The van der Waals surface area contributed by atoms with Crippen LogP contribution in [0.15, 0.2) is 12.2 Å². The molecule has 0 radical (unpaired) electrons. The molecule has 9 heteroatoms. The molecule has 1 rings (SSSR count). The molecule has 0 aromatic heterocycles. The van der Waals surface area contributed by atoms with Crippen molar-refractivity contribution in [2.45, 2.75) is 88.8 Å². The van der Waals surface area contributed by atoms with E-state index in [4.69, 9.17) is 9.47 Å². The fraction of sp³-hybridized carbons (Fsp3) is 0.842. The number of allylic oxidation sites excluding steroid dienone is 1. The summed E-state index contributed by atoms with van der Waals surface area (Å²) in [7, 11) is 0. The van der Waals surface area contributed by atoms with E-state index >= 15 is 0 Å². The third kappa shape index (κ3) is 7.75. The van der Waals surface area contributed by atoms with Crippen molar-refractivity contribution in [3.8, 4) is 0 Å². The minimum absolute atomic E-state index is 0.197. The van der Waals surface area contributed by atoms with Crippen LogP contribution in [0.25, 0.3) is 0 Å². The molecule has 0 spiro atoms. The van der Waals surface area contributed by atoms with E-state index in [-0.39, 0.29) is 12.5 Å². The SMILES string of the molecule is CCCC/C=C/C(O)C(COC1OC(CO)C(O)C(O)C1O)NC(=O)CCC. The molecule has 0 aliphatic carbocycles. The van der Waals surface area contributed by atoms with Crippen LogP contribution in [0.5, 0.6) is 0 Å². The molecule has 7 atom stereocenters. The molecule has 0 saturated carbocycles. The van der Waals surface area contributed by atoms with Crippen molar-refractivity contribution in [2.24, 2.45) is 0 Å². The van der Waals surface area contributed by atoms with Gasteiger partial charge in [-0.05, 0) is 12.8 Å². The van der Waals surface area contributed by atoms with Crippen LogP contribution in [-0.4, -0.2) is 87.5 Å². The summed E-state index contributed by atoms with van der Waals surface area (Å²) >= 11 is 0. The Labute approximate surface area is 166 Å². The number of amides is 1. The highest BCUT2D eigenvalue weighted by molar-refractivity contribution is 5.76. The Kier molecular flexibility index (Phi) is 11.8. The molecular weight excluding hydrogens is 370 g/mol. The highest BCUT2D eigenvalue weighted by Crippen LogP contribution is 2.22. The molecule has 0 aromatic rings. The van der Waals surface area contributed by atoms with E-state index in [1.165, 1.54) is 0 Å². The molecule has 1 aliphatic rings. The average Bonchev–Trinajstić information content (AvgIpc) is 2.68. The summed E-state index contributed by atoms with van der Waals surface area (Å²) in [6.45, 7) is 3.16. The third-order valence-electron chi connectivity index (χ3n) is 4.58. The van der Waals surface area contributed by atoms with E-state index in [2.05, 4.69) is 12.2 Å². The lowest BCUT2D eigenvalue weighted by molar-refractivity contribution is -0.302. The Morgan fingerprint density at radius 3 is 2.50 bits per heavy atom. The standard InChI is InChI=1S/C19H35NO8/c1-3-5-6-7-9-13(22)12(20-15(23)8-4-2)11-27-19-18(26)17(25)16(24)14(10-21)28-19/h7,9,12-14,16-19,21-22,24-26H,3-6,8,10-11H2,1-2H3,(H,20,23)/b9-7+. The van der Waals surface area contributed by atoms with Gasteiger partial charge in [-0.1, -0.05) is 38.8 Å². The number of aliphatic hydroxyl groups is 5. The zero-order valence-corrected chi connectivity index (χ0v) is 16.6. The number of hydrogen-bond donors (Lipinski definition) is 6. The topological polar surface area (TPSA) is 149 Å². The van der Waals surface area contributed by atoms with E-state index < -0.39 is 49.5 Å². The van der Waals surface area contributed by atoms with Crippen LogP contribution < -0.4 is 5.32 Å². The minimum atomic E-state index is -1.55. The highest BCUT2D eigenvalue weighted by atomic mass is 16.7. The van der Waals surface area contributed by atoms with Crippen molar-refractivity contribution in [2.75, 3.05) is 13.2 Å². The predicted octanol–water partition coefficient (Wildman–Crippen LogP) is -0.805. The Balaban J connectivity index is 2.73. The van der Waals surface area contributed by atoms with E-state index in [0.717, 1.165) is 19.3 Å². The summed E-state index contributed by atoms with van der Waals surface area (Å²) in [5, 5.41) is 52.0. The number of carbonyl (C=O) groups excluding carboxylic acids is 1. The lowest BCUT2D eigenvalue weighted by Gasteiger charge is -2.40. The van der Waals surface area contributed by atoms with E-state index in [9.17, 15) is 30.3 Å². The summed E-state index contributed by atoms with van der Waals surface area (Å²) < 4.78 is 10.8. The van der Waals surface area contributed by atoms with Gasteiger partial charge in [-0.25, -0.2) is 0 Å². The minimum Gasteiger partial charge on any atom is -0.394 e. The molecule has 0 bridgehead atoms. The molecule has 9 nitrogen and oxygen atoms in total. The second-order valence-corrected chi connectivity index (χ2v) is 7.02. The first-order valence-electron chi connectivity index (χ1n) is 9.91. The van der Waals surface area contributed by atoms with Crippen LogP contribution in [0, 0.1) is 0 Å². The van der Waals surface area contributed by atoms with Crippen molar-refractivity contribution < 1.29 is 39.8 Å². The molecule has 1 heterocycles. The van der Waals surface area contributed by atoms with Crippen LogP contribution in [-0.2, 0) is 14.3 Å². The van der Waals surface area contributed by atoms with Gasteiger partial charge < -0.3 is 40.3 Å². The number of hydrogen-bond acceptors (Lipinski definition) is 8. The Morgan fingerprint density at radius 2 is 1.89 bits per heavy atom. The molecule has 0 aromatic carbocycles. The fourth-order valence-electron chi connectivity index (χ4n) is 2.83. The second-order valence-electron chi connectivity index (χ2n) is 7.02. The first-order valence-corrected chi connectivity index (χ1v) is 9.91. The summed E-state index contributed by atoms with van der Waals surface area (Å²) in [6.07, 6.45) is -0.820. The van der Waals surface area contributed by atoms with Gasteiger partial charge in [0.2, 0.25) is 5.91 Å². The Morgan fingerprint density at radius 1 is 1.18 bits per heavy atom. The fourth-order valence-corrected chi connectivity index (χ4v) is 2.83. The lowest BCUT2D eigenvalue weighted by atomic mass is 9.99. The second kappa shape index (κ2) is 13.2. The van der Waals surface area contributed by atoms with Crippen molar-refractivity contribution in [3.63, 3.8) is 0 Å². The van der Waals surface area contributed by atoms with Crippen LogP contribution >= 0.6 is 0 Å². The first-order chi connectivity index (χ1) is 13.3. The summed E-state index contributed by atoms with van der Waals surface area (Å²) in [4.78, 5) is 12.0. The molecule has 164 valence electrons. The maximum atomic E-state index is 12.0. The first kappa shape index (κ1) is 25.0. The smallest absolute Gasteiger partial charge is 0.220 e. The monoisotopic (exact) mass is 405 g/mol. The average molecular weight is 405 g/mol. The number of ether oxygens (including phenoxy) is 2. The molecule has 7 unspecified atom stereocenters. The largest absolute Gasteiger partial charge is 0.394 e. The molecule has 1 aliphatic heterocycles. The zero-order chi connectivity index (χ0) is 21.1. The number of rotatable bonds is 12. The quantitative estimate of drug-likeness (QED) is 0.182. The molecule has 6 N–H and O–H groups in total.